The van der Waals surface area contributed by atoms with Crippen LogP contribution in [0, 0.1) is 5.92 Å². The van der Waals surface area contributed by atoms with Crippen LogP contribution < -0.4 is 0 Å². The van der Waals surface area contributed by atoms with Crippen LogP contribution in [0.5, 0.6) is 0 Å². The lowest BCUT2D eigenvalue weighted by atomic mass is 10.1. The molecule has 2 aliphatic rings. The number of allylic oxidation sites excluding steroid dienone is 4. The number of carbonyl (C=O) groups excluding carboxylic acids is 2. The van der Waals surface area contributed by atoms with Gasteiger partial charge in [-0.15, -0.1) is 0 Å². The molecule has 6 heteroatoms. The van der Waals surface area contributed by atoms with E-state index in [1.54, 1.807) is 11.9 Å². The van der Waals surface area contributed by atoms with Crippen molar-refractivity contribution in [2.24, 2.45) is 5.92 Å². The van der Waals surface area contributed by atoms with Crippen molar-refractivity contribution in [1.82, 2.24) is 19.8 Å². The molecule has 2 heterocycles. The Kier molecular flexibility index (Phi) is 4.84. The number of amides is 2. The third kappa shape index (κ3) is 3.42. The Morgan fingerprint density at radius 3 is 2.58 bits per heavy atom. The standard InChI is InChI=1S/C18H20N4O2/c1-21(18(24)16-12-19-9-10-20-16)15-8-11-22(13-15)17(23)14-6-4-2-3-5-7-14/h2-7,9-10,12,14-15H,8,11,13H2,1H3. The second-order valence-electron chi connectivity index (χ2n) is 5.91. The topological polar surface area (TPSA) is 66.4 Å². The number of carbonyl (C=O) groups is 2. The van der Waals surface area contributed by atoms with Gasteiger partial charge in [-0.2, -0.15) is 0 Å². The van der Waals surface area contributed by atoms with E-state index < -0.39 is 0 Å². The summed E-state index contributed by atoms with van der Waals surface area (Å²) in [6, 6.07) is 0.000295. The van der Waals surface area contributed by atoms with E-state index in [-0.39, 0.29) is 23.8 Å². The first-order chi connectivity index (χ1) is 11.7. The molecule has 0 radical (unpaired) electrons. The Bertz CT molecular complexity index is 680. The third-order valence-electron chi connectivity index (χ3n) is 4.38. The van der Waals surface area contributed by atoms with Crippen LogP contribution in [0.4, 0.5) is 0 Å². The molecule has 24 heavy (non-hydrogen) atoms. The maximum absolute atomic E-state index is 12.6. The predicted molar refractivity (Wildman–Crippen MR) is 90.0 cm³/mol. The molecule has 1 saturated heterocycles. The van der Waals surface area contributed by atoms with Gasteiger partial charge in [0, 0.05) is 32.5 Å². The summed E-state index contributed by atoms with van der Waals surface area (Å²) in [5.41, 5.74) is 0.325. The number of rotatable bonds is 3. The van der Waals surface area contributed by atoms with Gasteiger partial charge in [0.1, 0.15) is 5.69 Å². The van der Waals surface area contributed by atoms with Gasteiger partial charge in [-0.3, -0.25) is 14.6 Å². The van der Waals surface area contributed by atoms with Gasteiger partial charge in [-0.05, 0) is 6.42 Å². The molecular weight excluding hydrogens is 304 g/mol. The fourth-order valence-corrected chi connectivity index (χ4v) is 2.95. The van der Waals surface area contributed by atoms with E-state index in [9.17, 15) is 9.59 Å². The Morgan fingerprint density at radius 2 is 1.92 bits per heavy atom. The maximum Gasteiger partial charge on any atom is 0.274 e. The zero-order valence-electron chi connectivity index (χ0n) is 13.6. The lowest BCUT2D eigenvalue weighted by Crippen LogP contribution is -2.41. The molecule has 1 unspecified atom stereocenters. The average molecular weight is 324 g/mol. The number of aromatic nitrogens is 2. The molecule has 0 aromatic carbocycles. The highest BCUT2D eigenvalue weighted by Crippen LogP contribution is 2.20. The van der Waals surface area contributed by atoms with E-state index in [2.05, 4.69) is 9.97 Å². The van der Waals surface area contributed by atoms with Crippen LogP contribution in [0.2, 0.25) is 0 Å². The second kappa shape index (κ2) is 7.21. The third-order valence-corrected chi connectivity index (χ3v) is 4.38. The van der Waals surface area contributed by atoms with Crippen molar-refractivity contribution in [1.29, 1.82) is 0 Å². The number of hydrogen-bond acceptors (Lipinski definition) is 4. The van der Waals surface area contributed by atoms with Crippen molar-refractivity contribution in [2.45, 2.75) is 12.5 Å². The average Bonchev–Trinajstić information content (AvgIpc) is 2.96. The molecule has 1 aliphatic heterocycles. The molecule has 1 fully saturated rings. The molecular formula is C18H20N4O2. The van der Waals surface area contributed by atoms with Gasteiger partial charge in [-0.1, -0.05) is 36.5 Å². The quantitative estimate of drug-likeness (QED) is 0.844. The van der Waals surface area contributed by atoms with Crippen LogP contribution in [0.15, 0.2) is 55.0 Å². The Balaban J connectivity index is 1.62. The van der Waals surface area contributed by atoms with Crippen molar-refractivity contribution >= 4 is 11.8 Å². The molecule has 0 spiro atoms. The minimum atomic E-state index is -0.236. The highest BCUT2D eigenvalue weighted by molar-refractivity contribution is 5.92. The fourth-order valence-electron chi connectivity index (χ4n) is 2.95. The zero-order valence-corrected chi connectivity index (χ0v) is 13.6. The summed E-state index contributed by atoms with van der Waals surface area (Å²) in [5, 5.41) is 0. The van der Waals surface area contributed by atoms with Crippen molar-refractivity contribution < 1.29 is 9.59 Å². The molecule has 3 rings (SSSR count). The number of hydrogen-bond donors (Lipinski definition) is 0. The highest BCUT2D eigenvalue weighted by Gasteiger charge is 2.33. The minimum Gasteiger partial charge on any atom is -0.340 e. The summed E-state index contributed by atoms with van der Waals surface area (Å²) in [5.74, 6) is -0.324. The van der Waals surface area contributed by atoms with Crippen molar-refractivity contribution in [3.63, 3.8) is 0 Å². The first kappa shape index (κ1) is 16.1. The first-order valence-electron chi connectivity index (χ1n) is 8.00. The Hall–Kier alpha value is -2.76. The maximum atomic E-state index is 12.6. The summed E-state index contributed by atoms with van der Waals surface area (Å²) < 4.78 is 0. The van der Waals surface area contributed by atoms with Crippen molar-refractivity contribution in [3.8, 4) is 0 Å². The van der Waals surface area contributed by atoms with E-state index >= 15 is 0 Å². The summed E-state index contributed by atoms with van der Waals surface area (Å²) >= 11 is 0. The highest BCUT2D eigenvalue weighted by atomic mass is 16.2. The zero-order chi connectivity index (χ0) is 16.9. The predicted octanol–water partition coefficient (Wildman–Crippen LogP) is 1.45. The molecule has 2 amide bonds. The van der Waals surface area contributed by atoms with E-state index in [0.717, 1.165) is 6.42 Å². The summed E-state index contributed by atoms with van der Waals surface area (Å²) in [6.45, 7) is 1.21. The lowest BCUT2D eigenvalue weighted by molar-refractivity contribution is -0.131. The van der Waals surface area contributed by atoms with Crippen LogP contribution in [-0.2, 0) is 4.79 Å². The van der Waals surface area contributed by atoms with Crippen LogP contribution >= 0.6 is 0 Å². The monoisotopic (exact) mass is 324 g/mol. The van der Waals surface area contributed by atoms with Gasteiger partial charge < -0.3 is 9.80 Å². The molecule has 1 atom stereocenters. The van der Waals surface area contributed by atoms with Crippen LogP contribution in [0.3, 0.4) is 0 Å². The summed E-state index contributed by atoms with van der Waals surface area (Å²) in [4.78, 5) is 36.6. The summed E-state index contributed by atoms with van der Waals surface area (Å²) in [7, 11) is 1.75. The van der Waals surface area contributed by atoms with Crippen molar-refractivity contribution in [2.75, 3.05) is 20.1 Å². The van der Waals surface area contributed by atoms with Crippen molar-refractivity contribution in [3.05, 3.63) is 60.7 Å². The van der Waals surface area contributed by atoms with Gasteiger partial charge in [0.25, 0.3) is 5.91 Å². The van der Waals surface area contributed by atoms with Gasteiger partial charge in [0.2, 0.25) is 5.91 Å². The normalized spacial score (nSPS) is 20.2. The van der Waals surface area contributed by atoms with Gasteiger partial charge in [-0.25, -0.2) is 4.98 Å². The smallest absolute Gasteiger partial charge is 0.274 e. The Morgan fingerprint density at radius 1 is 1.17 bits per heavy atom. The fraction of sp³-hybridized carbons (Fsp3) is 0.333. The SMILES string of the molecule is CN(C(=O)c1cnccn1)C1CCN(C(=O)C2C=CC=CC=C2)C1. The van der Waals surface area contributed by atoms with E-state index in [0.29, 0.717) is 18.8 Å². The second-order valence-corrected chi connectivity index (χ2v) is 5.91. The van der Waals surface area contributed by atoms with Gasteiger partial charge in [0.05, 0.1) is 18.2 Å². The molecule has 0 saturated carbocycles. The number of likely N-dealkylation sites (tertiary alicyclic amines) is 1. The van der Waals surface area contributed by atoms with E-state index in [1.165, 1.54) is 18.6 Å². The molecule has 0 bridgehead atoms. The molecule has 6 nitrogen and oxygen atoms in total. The largest absolute Gasteiger partial charge is 0.340 e. The van der Waals surface area contributed by atoms with E-state index in [4.69, 9.17) is 0 Å². The Labute approximate surface area is 141 Å². The molecule has 124 valence electrons. The van der Waals surface area contributed by atoms with E-state index in [1.807, 2.05) is 41.4 Å². The minimum absolute atomic E-state index is 0.000295. The van der Waals surface area contributed by atoms with Gasteiger partial charge in [0.15, 0.2) is 0 Å². The number of likely N-dealkylation sites (N-methyl/N-ethyl adjacent to an activating group) is 1. The molecule has 1 aliphatic carbocycles. The lowest BCUT2D eigenvalue weighted by Gasteiger charge is -2.25. The molecule has 0 N–H and O–H groups in total. The number of nitrogens with zero attached hydrogens (tertiary/aromatic N) is 4. The first-order valence-corrected chi connectivity index (χ1v) is 8.00. The van der Waals surface area contributed by atoms with Crippen LogP contribution in [-0.4, -0.2) is 57.8 Å². The van der Waals surface area contributed by atoms with Gasteiger partial charge >= 0.3 is 0 Å². The summed E-state index contributed by atoms with van der Waals surface area (Å²) in [6.07, 6.45) is 16.7. The van der Waals surface area contributed by atoms with Crippen LogP contribution in [0.25, 0.3) is 0 Å². The van der Waals surface area contributed by atoms with Crippen LogP contribution in [0.1, 0.15) is 16.9 Å². The molecule has 1 aromatic heterocycles. The molecule has 1 aromatic rings.